The zero-order valence-electron chi connectivity index (χ0n) is 13.7. The molecule has 2 fully saturated rings. The second kappa shape index (κ2) is 5.01. The van der Waals surface area contributed by atoms with E-state index in [9.17, 15) is 0 Å². The normalized spacial score (nSPS) is 24.8. The van der Waals surface area contributed by atoms with E-state index in [0.717, 1.165) is 25.2 Å². The highest BCUT2D eigenvalue weighted by molar-refractivity contribution is 6.62. The monoisotopic (exact) mass is 288 g/mol. The molecule has 5 heteroatoms. The number of benzene rings is 1. The summed E-state index contributed by atoms with van der Waals surface area (Å²) in [5.41, 5.74) is 1.78. The van der Waals surface area contributed by atoms with E-state index >= 15 is 0 Å². The Morgan fingerprint density at radius 3 is 2.00 bits per heavy atom. The van der Waals surface area contributed by atoms with E-state index in [-0.39, 0.29) is 18.3 Å². The molecule has 0 radical (unpaired) electrons. The van der Waals surface area contributed by atoms with Gasteiger partial charge in [-0.3, -0.25) is 4.90 Å². The standard InChI is InChI=1S/C16H25BN2O2/c1-15(2)16(3,4)21-17(20-15)13-6-8-14(9-7-13)19-11-10-18(5)12-19/h6-9H,10-12H2,1-5H3. The van der Waals surface area contributed by atoms with Gasteiger partial charge in [-0.1, -0.05) is 12.1 Å². The molecule has 2 aliphatic rings. The van der Waals surface area contributed by atoms with Gasteiger partial charge in [0.2, 0.25) is 0 Å². The van der Waals surface area contributed by atoms with E-state index in [1.165, 1.54) is 5.69 Å². The first kappa shape index (κ1) is 14.9. The zero-order valence-corrected chi connectivity index (χ0v) is 13.7. The Hall–Kier alpha value is -1.04. The van der Waals surface area contributed by atoms with Crippen molar-refractivity contribution in [3.8, 4) is 0 Å². The van der Waals surface area contributed by atoms with Crippen molar-refractivity contribution in [3.05, 3.63) is 24.3 Å². The molecular weight excluding hydrogens is 263 g/mol. The summed E-state index contributed by atoms with van der Waals surface area (Å²) < 4.78 is 12.2. The second-order valence-electron chi connectivity index (χ2n) is 7.16. The average molecular weight is 288 g/mol. The van der Waals surface area contributed by atoms with Crippen molar-refractivity contribution in [2.24, 2.45) is 0 Å². The van der Waals surface area contributed by atoms with Crippen molar-refractivity contribution in [2.45, 2.75) is 38.9 Å². The first-order valence-electron chi connectivity index (χ1n) is 7.68. The molecule has 2 saturated heterocycles. The van der Waals surface area contributed by atoms with Crippen molar-refractivity contribution >= 4 is 18.3 Å². The van der Waals surface area contributed by atoms with E-state index in [0.29, 0.717) is 0 Å². The molecule has 0 aromatic heterocycles. The Balaban J connectivity index is 1.74. The molecule has 1 aromatic rings. The molecule has 0 spiro atoms. The molecule has 2 heterocycles. The van der Waals surface area contributed by atoms with Crippen LogP contribution in [-0.2, 0) is 9.31 Å². The zero-order chi connectivity index (χ0) is 15.3. The minimum Gasteiger partial charge on any atom is -0.399 e. The first-order valence-corrected chi connectivity index (χ1v) is 7.68. The maximum Gasteiger partial charge on any atom is 0.494 e. The fourth-order valence-corrected chi connectivity index (χ4v) is 2.76. The molecule has 0 saturated carbocycles. The second-order valence-corrected chi connectivity index (χ2v) is 7.16. The predicted molar refractivity (Wildman–Crippen MR) is 87.0 cm³/mol. The van der Waals surface area contributed by atoms with Crippen molar-refractivity contribution in [1.82, 2.24) is 4.90 Å². The van der Waals surface area contributed by atoms with Crippen molar-refractivity contribution in [3.63, 3.8) is 0 Å². The lowest BCUT2D eigenvalue weighted by Crippen LogP contribution is -2.41. The van der Waals surface area contributed by atoms with Crippen LogP contribution in [0.5, 0.6) is 0 Å². The molecule has 0 N–H and O–H groups in total. The van der Waals surface area contributed by atoms with E-state index in [1.807, 2.05) is 0 Å². The van der Waals surface area contributed by atoms with Crippen LogP contribution in [0.15, 0.2) is 24.3 Å². The minimum absolute atomic E-state index is 0.273. The Morgan fingerprint density at radius 2 is 1.52 bits per heavy atom. The summed E-state index contributed by atoms with van der Waals surface area (Å²) in [6.07, 6.45) is 0. The van der Waals surface area contributed by atoms with E-state index in [2.05, 4.69) is 68.8 Å². The predicted octanol–water partition coefficient (Wildman–Crippen LogP) is 1.70. The SMILES string of the molecule is CN1CCN(c2ccc(B3OC(C)(C)C(C)(C)O3)cc2)C1. The summed E-state index contributed by atoms with van der Waals surface area (Å²) in [6.45, 7) is 11.5. The molecule has 2 aliphatic heterocycles. The van der Waals surface area contributed by atoms with Gasteiger partial charge in [0.1, 0.15) is 0 Å². The molecule has 0 amide bonds. The topological polar surface area (TPSA) is 24.9 Å². The van der Waals surface area contributed by atoms with Crippen LogP contribution in [0.3, 0.4) is 0 Å². The third-order valence-corrected chi connectivity index (χ3v) is 4.95. The lowest BCUT2D eigenvalue weighted by Gasteiger charge is -2.32. The fraction of sp³-hybridized carbons (Fsp3) is 0.625. The Morgan fingerprint density at radius 1 is 0.952 bits per heavy atom. The van der Waals surface area contributed by atoms with Gasteiger partial charge in [0.15, 0.2) is 0 Å². The van der Waals surface area contributed by atoms with Gasteiger partial charge in [-0.15, -0.1) is 0 Å². The summed E-state index contributed by atoms with van der Waals surface area (Å²) in [4.78, 5) is 4.70. The van der Waals surface area contributed by atoms with Crippen LogP contribution >= 0.6 is 0 Å². The highest BCUT2D eigenvalue weighted by Crippen LogP contribution is 2.36. The third kappa shape index (κ3) is 2.70. The van der Waals surface area contributed by atoms with Gasteiger partial charge >= 0.3 is 7.12 Å². The lowest BCUT2D eigenvalue weighted by molar-refractivity contribution is 0.00578. The van der Waals surface area contributed by atoms with Crippen LogP contribution < -0.4 is 10.4 Å². The van der Waals surface area contributed by atoms with Crippen molar-refractivity contribution in [1.29, 1.82) is 0 Å². The van der Waals surface area contributed by atoms with Crippen LogP contribution in [0.4, 0.5) is 5.69 Å². The molecule has 21 heavy (non-hydrogen) atoms. The van der Waals surface area contributed by atoms with Gasteiger partial charge in [0.25, 0.3) is 0 Å². The van der Waals surface area contributed by atoms with Crippen LogP contribution in [0.25, 0.3) is 0 Å². The van der Waals surface area contributed by atoms with Gasteiger partial charge in [0.05, 0.1) is 17.9 Å². The Kier molecular flexibility index (Phi) is 3.55. The quantitative estimate of drug-likeness (QED) is 0.773. The summed E-state index contributed by atoms with van der Waals surface area (Å²) in [6, 6.07) is 8.57. The molecule has 0 atom stereocenters. The van der Waals surface area contributed by atoms with Gasteiger partial charge in [-0.05, 0) is 52.3 Å². The molecule has 0 bridgehead atoms. The Labute approximate surface area is 128 Å². The fourth-order valence-electron chi connectivity index (χ4n) is 2.76. The van der Waals surface area contributed by atoms with E-state index < -0.39 is 0 Å². The third-order valence-electron chi connectivity index (χ3n) is 4.95. The van der Waals surface area contributed by atoms with Gasteiger partial charge < -0.3 is 14.2 Å². The maximum absolute atomic E-state index is 6.09. The molecule has 1 aromatic carbocycles. The van der Waals surface area contributed by atoms with Crippen molar-refractivity contribution in [2.75, 3.05) is 31.7 Å². The van der Waals surface area contributed by atoms with Crippen LogP contribution in [0.2, 0.25) is 0 Å². The minimum atomic E-state index is -0.284. The van der Waals surface area contributed by atoms with Crippen molar-refractivity contribution < 1.29 is 9.31 Å². The van der Waals surface area contributed by atoms with Gasteiger partial charge in [0, 0.05) is 18.8 Å². The average Bonchev–Trinajstić information content (AvgIpc) is 2.92. The molecule has 3 rings (SSSR count). The highest BCUT2D eigenvalue weighted by Gasteiger charge is 2.51. The summed E-state index contributed by atoms with van der Waals surface area (Å²) in [5.74, 6) is 0. The van der Waals surface area contributed by atoms with Gasteiger partial charge in [-0.25, -0.2) is 0 Å². The number of nitrogens with zero attached hydrogens (tertiary/aromatic N) is 2. The largest absolute Gasteiger partial charge is 0.494 e. The molecular formula is C16H25BN2O2. The molecule has 114 valence electrons. The maximum atomic E-state index is 6.09. The highest BCUT2D eigenvalue weighted by atomic mass is 16.7. The first-order chi connectivity index (χ1) is 9.78. The number of hydrogen-bond donors (Lipinski definition) is 0. The lowest BCUT2D eigenvalue weighted by atomic mass is 9.79. The van der Waals surface area contributed by atoms with E-state index in [4.69, 9.17) is 9.31 Å². The molecule has 0 unspecified atom stereocenters. The summed E-state index contributed by atoms with van der Waals surface area (Å²) in [7, 11) is 1.88. The molecule has 4 nitrogen and oxygen atoms in total. The van der Waals surface area contributed by atoms with Crippen LogP contribution in [-0.4, -0.2) is 50.0 Å². The summed E-state index contributed by atoms with van der Waals surface area (Å²) >= 11 is 0. The Bertz CT molecular complexity index is 500. The number of anilines is 1. The van der Waals surface area contributed by atoms with Crippen LogP contribution in [0.1, 0.15) is 27.7 Å². The molecule has 0 aliphatic carbocycles. The number of hydrogen-bond acceptors (Lipinski definition) is 4. The van der Waals surface area contributed by atoms with E-state index in [1.54, 1.807) is 0 Å². The van der Waals surface area contributed by atoms with Gasteiger partial charge in [-0.2, -0.15) is 0 Å². The number of likely N-dealkylation sites (N-methyl/N-ethyl adjacent to an activating group) is 1. The smallest absolute Gasteiger partial charge is 0.399 e. The van der Waals surface area contributed by atoms with Crippen LogP contribution in [0, 0.1) is 0 Å². The number of rotatable bonds is 2. The summed E-state index contributed by atoms with van der Waals surface area (Å²) in [5, 5.41) is 0.